The molecule has 0 atom stereocenters. The Kier molecular flexibility index (Phi) is 5.10. The minimum Gasteiger partial charge on any atom is -0.477 e. The third-order valence-corrected chi connectivity index (χ3v) is 3.45. The molecule has 1 heterocycles. The van der Waals surface area contributed by atoms with Crippen molar-refractivity contribution in [2.45, 2.75) is 13.3 Å². The van der Waals surface area contributed by atoms with Gasteiger partial charge in [-0.1, -0.05) is 13.0 Å². The molecule has 0 spiro atoms. The molecule has 0 unspecified atom stereocenters. The van der Waals surface area contributed by atoms with Crippen LogP contribution in [0.3, 0.4) is 0 Å². The van der Waals surface area contributed by atoms with Crippen molar-refractivity contribution >= 4 is 11.6 Å². The number of nitrogens with zero attached hydrogens (tertiary/aromatic N) is 2. The zero-order valence-electron chi connectivity index (χ0n) is 12.0. The Balaban J connectivity index is 2.02. The van der Waals surface area contributed by atoms with Crippen molar-refractivity contribution in [3.05, 3.63) is 33.9 Å². The fourth-order valence-electron chi connectivity index (χ4n) is 2.19. The Labute approximate surface area is 123 Å². The summed E-state index contributed by atoms with van der Waals surface area (Å²) in [5.74, 6) is -0.00829. The molecule has 1 aromatic rings. The van der Waals surface area contributed by atoms with Crippen molar-refractivity contribution < 1.29 is 14.5 Å². The Hall–Kier alpha value is -2.15. The van der Waals surface area contributed by atoms with Gasteiger partial charge in [0, 0.05) is 32.2 Å². The van der Waals surface area contributed by atoms with Gasteiger partial charge < -0.3 is 15.0 Å². The Morgan fingerprint density at radius 1 is 1.43 bits per heavy atom. The molecule has 7 heteroatoms. The van der Waals surface area contributed by atoms with E-state index < -0.39 is 4.92 Å². The number of hydrogen-bond donors (Lipinski definition) is 1. The highest BCUT2D eigenvalue weighted by molar-refractivity contribution is 5.78. The van der Waals surface area contributed by atoms with E-state index in [1.165, 1.54) is 6.07 Å². The van der Waals surface area contributed by atoms with Crippen LogP contribution < -0.4 is 10.1 Å². The minimum absolute atomic E-state index is 0.0949. The predicted molar refractivity (Wildman–Crippen MR) is 77.4 cm³/mol. The van der Waals surface area contributed by atoms with Gasteiger partial charge in [-0.15, -0.1) is 0 Å². The molecule has 1 N–H and O–H groups in total. The van der Waals surface area contributed by atoms with Crippen LogP contribution in [0.15, 0.2) is 18.2 Å². The van der Waals surface area contributed by atoms with Crippen LogP contribution >= 0.6 is 0 Å². The summed E-state index contributed by atoms with van der Waals surface area (Å²) < 4.78 is 5.36. The summed E-state index contributed by atoms with van der Waals surface area (Å²) in [6.07, 6.45) is 0.709. The van der Waals surface area contributed by atoms with Crippen molar-refractivity contribution in [2.24, 2.45) is 0 Å². The third-order valence-electron chi connectivity index (χ3n) is 3.45. The molecule has 2 rings (SSSR count). The molecule has 1 amide bonds. The zero-order valence-corrected chi connectivity index (χ0v) is 12.0. The lowest BCUT2D eigenvalue weighted by Gasteiger charge is -2.27. The first-order valence-corrected chi connectivity index (χ1v) is 7.00. The van der Waals surface area contributed by atoms with Gasteiger partial charge in [0.05, 0.1) is 4.92 Å². The maximum atomic E-state index is 12.0. The predicted octanol–water partition coefficient (Wildman–Crippen LogP) is 0.968. The molecule has 1 aliphatic heterocycles. The number of nitrogens with one attached hydrogen (secondary N) is 1. The number of nitro benzene ring substituents is 1. The van der Waals surface area contributed by atoms with E-state index in [9.17, 15) is 14.9 Å². The van der Waals surface area contributed by atoms with Gasteiger partial charge in [0.15, 0.2) is 12.4 Å². The van der Waals surface area contributed by atoms with Crippen LogP contribution in [0, 0.1) is 10.1 Å². The molecule has 114 valence electrons. The summed E-state index contributed by atoms with van der Waals surface area (Å²) >= 11 is 0. The van der Waals surface area contributed by atoms with E-state index in [2.05, 4.69) is 5.32 Å². The SMILES string of the molecule is CCc1ccc(OCC(=O)N2CCNCC2)c([N+](=O)[O-])c1. The van der Waals surface area contributed by atoms with Crippen LogP contribution in [-0.4, -0.2) is 48.5 Å². The van der Waals surface area contributed by atoms with E-state index in [0.717, 1.165) is 18.7 Å². The maximum absolute atomic E-state index is 12.0. The molecular weight excluding hydrogens is 274 g/mol. The largest absolute Gasteiger partial charge is 0.477 e. The number of benzene rings is 1. The van der Waals surface area contributed by atoms with Crippen LogP contribution in [0.4, 0.5) is 5.69 Å². The monoisotopic (exact) mass is 293 g/mol. The van der Waals surface area contributed by atoms with Gasteiger partial charge in [0.25, 0.3) is 5.91 Å². The van der Waals surface area contributed by atoms with E-state index >= 15 is 0 Å². The molecule has 0 radical (unpaired) electrons. The summed E-state index contributed by atoms with van der Waals surface area (Å²) in [6, 6.07) is 4.82. The molecule has 0 aromatic heterocycles. The summed E-state index contributed by atoms with van der Waals surface area (Å²) in [5.41, 5.74) is 0.768. The molecule has 0 saturated carbocycles. The van der Waals surface area contributed by atoms with Crippen LogP contribution in [0.5, 0.6) is 5.75 Å². The zero-order chi connectivity index (χ0) is 15.2. The first kappa shape index (κ1) is 15.2. The van der Waals surface area contributed by atoms with Crippen molar-refractivity contribution in [2.75, 3.05) is 32.8 Å². The van der Waals surface area contributed by atoms with Crippen molar-refractivity contribution in [3.8, 4) is 5.75 Å². The number of carbonyl (C=O) groups is 1. The fourth-order valence-corrected chi connectivity index (χ4v) is 2.19. The van der Waals surface area contributed by atoms with E-state index in [0.29, 0.717) is 19.5 Å². The number of piperazine rings is 1. The maximum Gasteiger partial charge on any atom is 0.311 e. The quantitative estimate of drug-likeness (QED) is 0.646. The van der Waals surface area contributed by atoms with Gasteiger partial charge in [-0.25, -0.2) is 0 Å². The number of ether oxygens (including phenoxy) is 1. The minimum atomic E-state index is -0.482. The lowest BCUT2D eigenvalue weighted by Crippen LogP contribution is -2.47. The van der Waals surface area contributed by atoms with Gasteiger partial charge in [0.2, 0.25) is 0 Å². The number of nitro groups is 1. The molecular formula is C14H19N3O4. The molecule has 21 heavy (non-hydrogen) atoms. The number of hydrogen-bond acceptors (Lipinski definition) is 5. The Morgan fingerprint density at radius 2 is 2.14 bits per heavy atom. The molecule has 0 aliphatic carbocycles. The number of rotatable bonds is 5. The van der Waals surface area contributed by atoms with Crippen LogP contribution in [0.1, 0.15) is 12.5 Å². The number of amides is 1. The Bertz CT molecular complexity index is 527. The van der Waals surface area contributed by atoms with E-state index in [1.54, 1.807) is 17.0 Å². The van der Waals surface area contributed by atoms with Crippen molar-refractivity contribution in [3.63, 3.8) is 0 Å². The average molecular weight is 293 g/mol. The highest BCUT2D eigenvalue weighted by Crippen LogP contribution is 2.28. The van der Waals surface area contributed by atoms with Crippen LogP contribution in [0.25, 0.3) is 0 Å². The van der Waals surface area contributed by atoms with E-state index in [1.807, 2.05) is 6.92 Å². The first-order valence-electron chi connectivity index (χ1n) is 7.00. The second-order valence-electron chi connectivity index (χ2n) is 4.83. The first-order chi connectivity index (χ1) is 10.1. The van der Waals surface area contributed by atoms with Crippen molar-refractivity contribution in [1.29, 1.82) is 0 Å². The van der Waals surface area contributed by atoms with Gasteiger partial charge in [-0.05, 0) is 18.1 Å². The van der Waals surface area contributed by atoms with E-state index in [-0.39, 0.29) is 24.0 Å². The highest BCUT2D eigenvalue weighted by atomic mass is 16.6. The van der Waals surface area contributed by atoms with Crippen LogP contribution in [-0.2, 0) is 11.2 Å². The number of aryl methyl sites for hydroxylation is 1. The summed E-state index contributed by atoms with van der Waals surface area (Å²) in [7, 11) is 0. The number of carbonyl (C=O) groups excluding carboxylic acids is 1. The lowest BCUT2D eigenvalue weighted by molar-refractivity contribution is -0.385. The molecule has 1 aromatic carbocycles. The summed E-state index contributed by atoms with van der Waals surface area (Å²) in [6.45, 7) is 4.55. The average Bonchev–Trinajstić information content (AvgIpc) is 2.53. The van der Waals surface area contributed by atoms with Crippen molar-refractivity contribution in [1.82, 2.24) is 10.2 Å². The lowest BCUT2D eigenvalue weighted by atomic mass is 10.1. The Morgan fingerprint density at radius 3 is 2.76 bits per heavy atom. The second kappa shape index (κ2) is 7.03. The molecule has 0 bridgehead atoms. The summed E-state index contributed by atoms with van der Waals surface area (Å²) in [5, 5.41) is 14.2. The molecule has 7 nitrogen and oxygen atoms in total. The highest BCUT2D eigenvalue weighted by Gasteiger charge is 2.20. The normalized spacial score (nSPS) is 14.8. The van der Waals surface area contributed by atoms with Gasteiger partial charge in [-0.2, -0.15) is 0 Å². The fraction of sp³-hybridized carbons (Fsp3) is 0.500. The smallest absolute Gasteiger partial charge is 0.311 e. The molecule has 1 saturated heterocycles. The molecule has 1 aliphatic rings. The van der Waals surface area contributed by atoms with Gasteiger partial charge in [-0.3, -0.25) is 14.9 Å². The van der Waals surface area contributed by atoms with E-state index in [4.69, 9.17) is 4.74 Å². The standard InChI is InChI=1S/C14H19N3O4/c1-2-11-3-4-13(12(9-11)17(19)20)21-10-14(18)16-7-5-15-6-8-16/h3-4,9,15H,2,5-8,10H2,1H3. The second-order valence-corrected chi connectivity index (χ2v) is 4.83. The van der Waals surface area contributed by atoms with Gasteiger partial charge in [0.1, 0.15) is 0 Å². The van der Waals surface area contributed by atoms with Gasteiger partial charge >= 0.3 is 5.69 Å². The third kappa shape index (κ3) is 3.91. The van der Waals surface area contributed by atoms with Crippen LogP contribution in [0.2, 0.25) is 0 Å². The molecule has 1 fully saturated rings. The topological polar surface area (TPSA) is 84.7 Å². The summed E-state index contributed by atoms with van der Waals surface area (Å²) in [4.78, 5) is 24.3.